The summed E-state index contributed by atoms with van der Waals surface area (Å²) in [6.07, 6.45) is 0. The Bertz CT molecular complexity index is 1210. The third kappa shape index (κ3) is 6.22. The molecule has 0 N–H and O–H groups in total. The van der Waals surface area contributed by atoms with Gasteiger partial charge in [-0.05, 0) is 34.3 Å². The van der Waals surface area contributed by atoms with Crippen molar-refractivity contribution in [2.75, 3.05) is 14.1 Å². The van der Waals surface area contributed by atoms with Gasteiger partial charge in [-0.25, -0.2) is 4.98 Å². The maximum Gasteiger partial charge on any atom is 0.323 e. The summed E-state index contributed by atoms with van der Waals surface area (Å²) in [5, 5.41) is 0. The zero-order chi connectivity index (χ0) is 24.9. The quantitative estimate of drug-likeness (QED) is 0.396. The first kappa shape index (κ1) is 25.4. The number of carbonyl (C=O) groups is 1. The highest BCUT2D eigenvalue weighted by atomic mass is 32.2. The summed E-state index contributed by atoms with van der Waals surface area (Å²) >= 11 is 0. The Balaban J connectivity index is 1.71. The Kier molecular flexibility index (Phi) is 8.08. The maximum absolute atomic E-state index is 12.4. The second-order valence-corrected chi connectivity index (χ2v) is 10.2. The van der Waals surface area contributed by atoms with Crippen LogP contribution < -0.4 is 4.74 Å². The van der Waals surface area contributed by atoms with E-state index in [-0.39, 0.29) is 19.1 Å². The Morgan fingerprint density at radius 3 is 2.26 bits per heavy atom. The molecule has 0 unspecified atom stereocenters. The molecule has 0 amide bonds. The molecule has 0 aliphatic carbocycles. The Morgan fingerprint density at radius 1 is 1.06 bits per heavy atom. The Labute approximate surface area is 200 Å². The van der Waals surface area contributed by atoms with Crippen LogP contribution in [0.15, 0.2) is 59.0 Å². The highest BCUT2D eigenvalue weighted by Crippen LogP contribution is 2.28. The fraction of sp³-hybridized carbons (Fsp3) is 0.333. The largest absolute Gasteiger partial charge is 0.487 e. The van der Waals surface area contributed by atoms with Crippen LogP contribution in [-0.2, 0) is 33.0 Å². The minimum Gasteiger partial charge on any atom is -0.487 e. The smallest absolute Gasteiger partial charge is 0.323 e. The zero-order valence-electron chi connectivity index (χ0n) is 19.9. The molecule has 0 bridgehead atoms. The van der Waals surface area contributed by atoms with Crippen LogP contribution in [0.2, 0.25) is 0 Å². The lowest BCUT2D eigenvalue weighted by Crippen LogP contribution is -2.40. The second-order valence-electron chi connectivity index (χ2n) is 8.12. The van der Waals surface area contributed by atoms with E-state index in [1.807, 2.05) is 44.2 Å². The number of aromatic nitrogens is 1. The molecule has 0 radical (unpaired) electrons. The fourth-order valence-corrected chi connectivity index (χ4v) is 3.98. The summed E-state index contributed by atoms with van der Waals surface area (Å²) in [6.45, 7) is 5.29. The molecule has 10 heteroatoms. The second kappa shape index (κ2) is 10.8. The highest BCUT2D eigenvalue weighted by molar-refractivity contribution is 7.86. The first-order valence-corrected chi connectivity index (χ1v) is 12.1. The number of hydrogen-bond donors (Lipinski definition) is 0. The van der Waals surface area contributed by atoms with Gasteiger partial charge in [0.1, 0.15) is 23.8 Å². The van der Waals surface area contributed by atoms with Crippen molar-refractivity contribution in [1.82, 2.24) is 13.8 Å². The number of oxazole rings is 1. The zero-order valence-corrected chi connectivity index (χ0v) is 20.7. The van der Waals surface area contributed by atoms with Crippen molar-refractivity contribution in [2.24, 2.45) is 0 Å². The molecule has 3 rings (SSSR count). The van der Waals surface area contributed by atoms with Gasteiger partial charge in [-0.15, -0.1) is 0 Å². The van der Waals surface area contributed by atoms with Gasteiger partial charge < -0.3 is 14.0 Å². The van der Waals surface area contributed by atoms with Gasteiger partial charge in [0, 0.05) is 32.5 Å². The third-order valence-corrected chi connectivity index (χ3v) is 6.47. The predicted octanol–water partition coefficient (Wildman–Crippen LogP) is 4.13. The molecule has 0 aliphatic heterocycles. The van der Waals surface area contributed by atoms with Gasteiger partial charge in [-0.1, -0.05) is 44.2 Å². The molecule has 0 saturated carbocycles. The first-order chi connectivity index (χ1) is 16.1. The van der Waals surface area contributed by atoms with Gasteiger partial charge in [0.15, 0.2) is 0 Å². The molecule has 0 aliphatic rings. The van der Waals surface area contributed by atoms with Gasteiger partial charge >= 0.3 is 16.2 Å². The van der Waals surface area contributed by atoms with E-state index in [1.165, 1.54) is 14.1 Å². The van der Waals surface area contributed by atoms with Crippen molar-refractivity contribution < 1.29 is 27.2 Å². The maximum atomic E-state index is 12.4. The van der Waals surface area contributed by atoms with Crippen LogP contribution in [0.25, 0.3) is 11.5 Å². The van der Waals surface area contributed by atoms with Crippen LogP contribution in [0.4, 0.5) is 0 Å². The van der Waals surface area contributed by atoms with E-state index in [0.717, 1.165) is 28.2 Å². The molecule has 0 spiro atoms. The summed E-state index contributed by atoms with van der Waals surface area (Å²) in [5.74, 6) is 1.30. The summed E-state index contributed by atoms with van der Waals surface area (Å²) in [4.78, 5) is 20.9. The first-order valence-electron chi connectivity index (χ1n) is 10.7. The van der Waals surface area contributed by atoms with Crippen molar-refractivity contribution in [3.63, 3.8) is 0 Å². The SMILES string of the molecule is CC(=O)ON(Cc1ccc(OCc2nc(-c3ccccc3)oc2C(C)C)cc1)S(=O)(=O)N(C)C. The summed E-state index contributed by atoms with van der Waals surface area (Å²) in [7, 11) is -1.22. The molecule has 182 valence electrons. The van der Waals surface area contributed by atoms with Crippen molar-refractivity contribution in [3.8, 4) is 17.2 Å². The molecule has 9 nitrogen and oxygen atoms in total. The fourth-order valence-electron chi connectivity index (χ4n) is 3.10. The average Bonchev–Trinajstić information content (AvgIpc) is 3.23. The molecule has 34 heavy (non-hydrogen) atoms. The molecule has 1 aromatic heterocycles. The van der Waals surface area contributed by atoms with Crippen LogP contribution in [0.1, 0.15) is 43.7 Å². The molecule has 0 atom stereocenters. The predicted molar refractivity (Wildman–Crippen MR) is 127 cm³/mol. The van der Waals surface area contributed by atoms with E-state index in [0.29, 0.717) is 21.7 Å². The third-order valence-electron chi connectivity index (χ3n) is 4.83. The van der Waals surface area contributed by atoms with E-state index < -0.39 is 16.2 Å². The number of carbonyl (C=O) groups excluding carboxylic acids is 1. The van der Waals surface area contributed by atoms with Gasteiger partial charge in [0.25, 0.3) is 0 Å². The number of nitrogens with zero attached hydrogens (tertiary/aromatic N) is 3. The van der Waals surface area contributed by atoms with Crippen molar-refractivity contribution >= 4 is 16.2 Å². The number of hydroxylamine groups is 1. The van der Waals surface area contributed by atoms with Crippen molar-refractivity contribution in [2.45, 2.75) is 39.8 Å². The van der Waals surface area contributed by atoms with Crippen LogP contribution in [0.5, 0.6) is 5.75 Å². The monoisotopic (exact) mass is 487 g/mol. The van der Waals surface area contributed by atoms with Gasteiger partial charge in [-0.2, -0.15) is 12.7 Å². The van der Waals surface area contributed by atoms with E-state index in [9.17, 15) is 13.2 Å². The van der Waals surface area contributed by atoms with Gasteiger partial charge in [-0.3, -0.25) is 4.79 Å². The van der Waals surface area contributed by atoms with Crippen molar-refractivity contribution in [3.05, 3.63) is 71.6 Å². The average molecular weight is 488 g/mol. The number of rotatable bonds is 10. The van der Waals surface area contributed by atoms with Crippen LogP contribution in [-0.4, -0.2) is 42.2 Å². The summed E-state index contributed by atoms with van der Waals surface area (Å²) in [6, 6.07) is 16.5. The summed E-state index contributed by atoms with van der Waals surface area (Å²) in [5.41, 5.74) is 2.23. The van der Waals surface area contributed by atoms with E-state index in [2.05, 4.69) is 4.98 Å². The Hall–Kier alpha value is -3.21. The van der Waals surface area contributed by atoms with Gasteiger partial charge in [0.2, 0.25) is 5.89 Å². The van der Waals surface area contributed by atoms with Crippen LogP contribution >= 0.6 is 0 Å². The van der Waals surface area contributed by atoms with Crippen molar-refractivity contribution in [1.29, 1.82) is 0 Å². The van der Waals surface area contributed by atoms with Gasteiger partial charge in [0.05, 0.1) is 6.54 Å². The minimum absolute atomic E-state index is 0.136. The molecular formula is C24H29N3O6S. The van der Waals surface area contributed by atoms with E-state index in [1.54, 1.807) is 24.3 Å². The Morgan fingerprint density at radius 2 is 1.71 bits per heavy atom. The van der Waals surface area contributed by atoms with Crippen LogP contribution in [0.3, 0.4) is 0 Å². The molecule has 0 fully saturated rings. The van der Waals surface area contributed by atoms with E-state index in [4.69, 9.17) is 14.0 Å². The molecule has 0 saturated heterocycles. The lowest BCUT2D eigenvalue weighted by Gasteiger charge is -2.23. The van der Waals surface area contributed by atoms with E-state index >= 15 is 0 Å². The topological polar surface area (TPSA) is 102 Å². The lowest BCUT2D eigenvalue weighted by molar-refractivity contribution is -0.168. The molecule has 3 aromatic rings. The van der Waals surface area contributed by atoms with Crippen LogP contribution in [0, 0.1) is 0 Å². The number of benzene rings is 2. The standard InChI is InChI=1S/C24H29N3O6S/c1-17(2)23-22(25-24(32-23)20-9-7-6-8-10-20)16-31-21-13-11-19(12-14-21)15-27(33-18(3)28)34(29,30)26(4)5/h6-14,17H,15-16H2,1-5H3. The minimum atomic E-state index is -3.95. The summed E-state index contributed by atoms with van der Waals surface area (Å²) < 4.78 is 38.4. The number of ether oxygens (including phenoxy) is 1. The normalized spacial score (nSPS) is 11.9. The number of hydrogen-bond acceptors (Lipinski definition) is 7. The molecule has 2 aromatic carbocycles. The lowest BCUT2D eigenvalue weighted by atomic mass is 10.1. The highest BCUT2D eigenvalue weighted by Gasteiger charge is 2.28. The molecular weight excluding hydrogens is 458 g/mol. The molecule has 1 heterocycles.